The minimum atomic E-state index is 0.789. The third kappa shape index (κ3) is 2.68. The van der Waals surface area contributed by atoms with E-state index < -0.39 is 0 Å². The Hall–Kier alpha value is -0.0800. The summed E-state index contributed by atoms with van der Waals surface area (Å²) in [6, 6.07) is 10.8. The number of hydrogen-bond donors (Lipinski definition) is 0. The Labute approximate surface area is 88.5 Å². The van der Waals surface area contributed by atoms with Crippen LogP contribution < -0.4 is 0 Å². The molecule has 70 valence electrons. The fraction of sp³-hybridized carbons (Fsp3) is 0.455. The van der Waals surface area contributed by atoms with Gasteiger partial charge in [-0.25, -0.2) is 0 Å². The highest BCUT2D eigenvalue weighted by atomic mass is 32.2. The summed E-state index contributed by atoms with van der Waals surface area (Å²) in [5.41, 5.74) is 1.47. The van der Waals surface area contributed by atoms with Crippen molar-refractivity contribution in [2.24, 2.45) is 0 Å². The second-order valence-electron chi connectivity index (χ2n) is 3.40. The van der Waals surface area contributed by atoms with Gasteiger partial charge in [0.2, 0.25) is 0 Å². The van der Waals surface area contributed by atoms with E-state index in [2.05, 4.69) is 60.8 Å². The third-order valence-corrected chi connectivity index (χ3v) is 5.43. The molecule has 1 fully saturated rings. The first-order chi connectivity index (χ1) is 6.34. The van der Waals surface area contributed by atoms with E-state index in [0.717, 1.165) is 9.83 Å². The smallest absolute Gasteiger partial charge is 0.0546 e. The number of thioether (sulfide) groups is 2. The molecule has 1 aromatic carbocycles. The summed E-state index contributed by atoms with van der Waals surface area (Å²) in [6.07, 6.45) is 1.22. The molecule has 2 unspecified atom stereocenters. The van der Waals surface area contributed by atoms with Gasteiger partial charge in [0.25, 0.3) is 0 Å². The zero-order valence-corrected chi connectivity index (χ0v) is 9.41. The molecule has 0 amide bonds. The second-order valence-corrected chi connectivity index (χ2v) is 6.58. The molecule has 1 aromatic rings. The van der Waals surface area contributed by atoms with Gasteiger partial charge in [0.05, 0.1) is 4.58 Å². The van der Waals surface area contributed by atoms with Gasteiger partial charge in [-0.3, -0.25) is 0 Å². The second kappa shape index (κ2) is 4.43. The monoisotopic (exact) mass is 210 g/mol. The van der Waals surface area contributed by atoms with Crippen LogP contribution in [0.2, 0.25) is 0 Å². The van der Waals surface area contributed by atoms with E-state index in [4.69, 9.17) is 0 Å². The average Bonchev–Trinajstić information content (AvgIpc) is 2.53. The lowest BCUT2D eigenvalue weighted by Gasteiger charge is -2.07. The van der Waals surface area contributed by atoms with Crippen LogP contribution in [0, 0.1) is 0 Å². The molecule has 0 aliphatic carbocycles. The van der Waals surface area contributed by atoms with Gasteiger partial charge < -0.3 is 0 Å². The summed E-state index contributed by atoms with van der Waals surface area (Å²) >= 11 is 4.23. The van der Waals surface area contributed by atoms with E-state index in [9.17, 15) is 0 Å². The molecule has 0 radical (unpaired) electrons. The predicted octanol–water partition coefficient (Wildman–Crippen LogP) is 3.42. The van der Waals surface area contributed by atoms with Crippen LogP contribution in [0.1, 0.15) is 12.5 Å². The van der Waals surface area contributed by atoms with Crippen LogP contribution in [-0.4, -0.2) is 15.6 Å². The van der Waals surface area contributed by atoms with Crippen molar-refractivity contribution < 1.29 is 0 Å². The van der Waals surface area contributed by atoms with Crippen molar-refractivity contribution in [3.8, 4) is 0 Å². The van der Waals surface area contributed by atoms with Crippen molar-refractivity contribution in [3.63, 3.8) is 0 Å². The van der Waals surface area contributed by atoms with Gasteiger partial charge in [-0.1, -0.05) is 37.3 Å². The molecule has 0 spiro atoms. The van der Waals surface area contributed by atoms with Gasteiger partial charge in [0, 0.05) is 11.0 Å². The first-order valence-corrected chi connectivity index (χ1v) is 6.65. The Bertz CT molecular complexity index is 258. The Morgan fingerprint density at radius 3 is 2.69 bits per heavy atom. The van der Waals surface area contributed by atoms with Crippen LogP contribution in [0.25, 0.3) is 0 Å². The minimum Gasteiger partial charge on any atom is -0.146 e. The summed E-state index contributed by atoms with van der Waals surface area (Å²) in [6.45, 7) is 2.32. The van der Waals surface area contributed by atoms with E-state index in [1.165, 1.54) is 17.7 Å². The fourth-order valence-electron chi connectivity index (χ4n) is 1.49. The molecule has 1 aliphatic rings. The van der Waals surface area contributed by atoms with Crippen LogP contribution in [-0.2, 0) is 6.42 Å². The Morgan fingerprint density at radius 1 is 1.31 bits per heavy atom. The highest BCUT2D eigenvalue weighted by molar-refractivity contribution is 8.20. The topological polar surface area (TPSA) is 0 Å². The quantitative estimate of drug-likeness (QED) is 0.733. The molecule has 0 saturated carbocycles. The van der Waals surface area contributed by atoms with E-state index in [-0.39, 0.29) is 0 Å². The van der Waals surface area contributed by atoms with Crippen LogP contribution in [0.5, 0.6) is 0 Å². The van der Waals surface area contributed by atoms with Gasteiger partial charge in [-0.15, -0.1) is 23.5 Å². The lowest BCUT2D eigenvalue weighted by atomic mass is 10.2. The van der Waals surface area contributed by atoms with Crippen LogP contribution >= 0.6 is 23.5 Å². The molecular formula is C11H14S2. The van der Waals surface area contributed by atoms with Crippen LogP contribution in [0.3, 0.4) is 0 Å². The summed E-state index contributed by atoms with van der Waals surface area (Å²) in [7, 11) is 0. The molecule has 0 bridgehead atoms. The maximum absolute atomic E-state index is 2.32. The maximum atomic E-state index is 2.32. The number of benzene rings is 1. The molecule has 1 aliphatic heterocycles. The van der Waals surface area contributed by atoms with Crippen molar-refractivity contribution in [3.05, 3.63) is 35.9 Å². The fourth-order valence-corrected chi connectivity index (χ4v) is 4.77. The zero-order chi connectivity index (χ0) is 9.10. The summed E-state index contributed by atoms with van der Waals surface area (Å²) < 4.78 is 0.789. The van der Waals surface area contributed by atoms with E-state index >= 15 is 0 Å². The van der Waals surface area contributed by atoms with Crippen molar-refractivity contribution in [2.75, 3.05) is 5.75 Å². The molecule has 2 atom stereocenters. The zero-order valence-electron chi connectivity index (χ0n) is 7.77. The van der Waals surface area contributed by atoms with Crippen LogP contribution in [0.4, 0.5) is 0 Å². The Morgan fingerprint density at radius 2 is 2.08 bits per heavy atom. The molecule has 1 saturated heterocycles. The Balaban J connectivity index is 1.92. The molecule has 0 N–H and O–H groups in total. The van der Waals surface area contributed by atoms with E-state index in [1.54, 1.807) is 0 Å². The molecule has 2 heteroatoms. The normalized spacial score (nSPS) is 27.8. The van der Waals surface area contributed by atoms with Crippen molar-refractivity contribution in [1.29, 1.82) is 0 Å². The summed E-state index contributed by atoms with van der Waals surface area (Å²) in [5.74, 6) is 1.32. The van der Waals surface area contributed by atoms with Gasteiger partial charge in [-0.05, 0) is 12.0 Å². The molecule has 1 heterocycles. The molecular weight excluding hydrogens is 196 g/mol. The standard InChI is InChI=1S/C11H14S2/c1-9-8-12-11(13-9)7-10-5-3-2-4-6-10/h2-6,9,11H,7-8H2,1H3. The molecule has 0 aromatic heterocycles. The highest BCUT2D eigenvalue weighted by Crippen LogP contribution is 2.39. The molecule has 2 rings (SSSR count). The lowest BCUT2D eigenvalue weighted by Crippen LogP contribution is -1.98. The van der Waals surface area contributed by atoms with E-state index in [0.29, 0.717) is 0 Å². The minimum absolute atomic E-state index is 0.789. The predicted molar refractivity (Wildman–Crippen MR) is 63.4 cm³/mol. The summed E-state index contributed by atoms with van der Waals surface area (Å²) in [4.78, 5) is 0. The first kappa shape index (κ1) is 9.47. The van der Waals surface area contributed by atoms with Crippen molar-refractivity contribution >= 4 is 23.5 Å². The van der Waals surface area contributed by atoms with Gasteiger partial charge in [-0.2, -0.15) is 0 Å². The number of rotatable bonds is 2. The van der Waals surface area contributed by atoms with Crippen LogP contribution in [0.15, 0.2) is 30.3 Å². The molecule has 0 nitrogen and oxygen atoms in total. The SMILES string of the molecule is CC1CSC(Cc2ccccc2)S1. The van der Waals surface area contributed by atoms with Gasteiger partial charge >= 0.3 is 0 Å². The maximum Gasteiger partial charge on any atom is 0.0546 e. The lowest BCUT2D eigenvalue weighted by molar-refractivity contribution is 1.11. The average molecular weight is 210 g/mol. The first-order valence-electron chi connectivity index (χ1n) is 4.65. The third-order valence-electron chi connectivity index (χ3n) is 2.15. The van der Waals surface area contributed by atoms with Gasteiger partial charge in [0.1, 0.15) is 0 Å². The highest BCUT2D eigenvalue weighted by Gasteiger charge is 2.22. The summed E-state index contributed by atoms with van der Waals surface area (Å²) in [5, 5.41) is 0.846. The molecule has 13 heavy (non-hydrogen) atoms. The van der Waals surface area contributed by atoms with Crippen molar-refractivity contribution in [1.82, 2.24) is 0 Å². The largest absolute Gasteiger partial charge is 0.146 e. The Kier molecular flexibility index (Phi) is 3.23. The van der Waals surface area contributed by atoms with E-state index in [1.807, 2.05) is 0 Å². The van der Waals surface area contributed by atoms with Gasteiger partial charge in [0.15, 0.2) is 0 Å². The van der Waals surface area contributed by atoms with Crippen molar-refractivity contribution in [2.45, 2.75) is 23.2 Å². The number of hydrogen-bond acceptors (Lipinski definition) is 2.